The molecule has 0 aromatic carbocycles. The zero-order chi connectivity index (χ0) is 14.0. The highest BCUT2D eigenvalue weighted by Crippen LogP contribution is 2.39. The van der Waals surface area contributed by atoms with Crippen LogP contribution < -0.4 is 10.5 Å². The monoisotopic (exact) mass is 288 g/mol. The van der Waals surface area contributed by atoms with Gasteiger partial charge in [0.15, 0.2) is 0 Å². The van der Waals surface area contributed by atoms with Crippen LogP contribution in [0, 0.1) is 0 Å². The second-order valence-electron chi connectivity index (χ2n) is 3.79. The molecule has 7 heteroatoms. The van der Waals surface area contributed by atoms with Crippen LogP contribution >= 0.6 is 11.3 Å². The Morgan fingerprint density at radius 2 is 2.11 bits per heavy atom. The summed E-state index contributed by atoms with van der Waals surface area (Å²) in [5, 5.41) is 1.72. The molecule has 0 aliphatic rings. The number of pyridine rings is 1. The lowest BCUT2D eigenvalue weighted by molar-refractivity contribution is -0.138. The molecule has 2 rings (SSSR count). The van der Waals surface area contributed by atoms with E-state index in [9.17, 15) is 13.2 Å². The molecule has 2 heterocycles. The first-order valence-corrected chi connectivity index (χ1v) is 6.21. The van der Waals surface area contributed by atoms with Crippen molar-refractivity contribution in [3.05, 3.63) is 45.9 Å². The van der Waals surface area contributed by atoms with Crippen LogP contribution in [-0.4, -0.2) is 12.1 Å². The van der Waals surface area contributed by atoms with E-state index in [0.717, 1.165) is 18.5 Å². The number of ether oxygens (including phenoxy) is 1. The number of nitrogens with two attached hydrogens (primary N) is 1. The van der Waals surface area contributed by atoms with Crippen LogP contribution in [0.4, 0.5) is 13.2 Å². The molecule has 0 fully saturated rings. The number of nitrogens with zero attached hydrogens (tertiary/aromatic N) is 1. The summed E-state index contributed by atoms with van der Waals surface area (Å²) in [5.41, 5.74) is 5.09. The molecule has 2 aromatic rings. The van der Waals surface area contributed by atoms with Crippen molar-refractivity contribution in [1.82, 2.24) is 4.98 Å². The molecule has 2 aromatic heterocycles. The predicted octanol–water partition coefficient (Wildman–Crippen LogP) is 3.22. The zero-order valence-corrected chi connectivity index (χ0v) is 10.8. The van der Waals surface area contributed by atoms with Crippen LogP contribution in [-0.2, 0) is 6.18 Å². The Morgan fingerprint density at radius 3 is 2.74 bits per heavy atom. The zero-order valence-electron chi connectivity index (χ0n) is 9.94. The molecule has 0 bridgehead atoms. The standard InChI is InChI=1S/C12H11F3N2OS/c1-18-9-3-5-19-11(9)10(16)7-6-17-4-2-8(7)12(13,14)15/h2-6,10H,16H2,1H3. The fraction of sp³-hybridized carbons (Fsp3) is 0.250. The first kappa shape index (κ1) is 13.8. The van der Waals surface area contributed by atoms with Crippen LogP contribution in [0.1, 0.15) is 22.0 Å². The molecule has 0 saturated heterocycles. The normalized spacial score (nSPS) is 13.3. The molecule has 0 radical (unpaired) electrons. The van der Waals surface area contributed by atoms with Gasteiger partial charge in [-0.2, -0.15) is 13.2 Å². The van der Waals surface area contributed by atoms with Crippen molar-refractivity contribution in [3.63, 3.8) is 0 Å². The van der Waals surface area contributed by atoms with Gasteiger partial charge in [0.1, 0.15) is 5.75 Å². The number of aromatic nitrogens is 1. The van der Waals surface area contributed by atoms with Crippen molar-refractivity contribution in [2.24, 2.45) is 5.73 Å². The maximum absolute atomic E-state index is 12.9. The first-order chi connectivity index (χ1) is 8.95. The summed E-state index contributed by atoms with van der Waals surface area (Å²) >= 11 is 1.25. The molecule has 3 nitrogen and oxygen atoms in total. The fourth-order valence-corrected chi connectivity index (χ4v) is 2.64. The largest absolute Gasteiger partial charge is 0.496 e. The summed E-state index contributed by atoms with van der Waals surface area (Å²) in [5.74, 6) is 0.481. The van der Waals surface area contributed by atoms with E-state index in [0.29, 0.717) is 10.6 Å². The van der Waals surface area contributed by atoms with Crippen LogP contribution in [0.5, 0.6) is 5.75 Å². The van der Waals surface area contributed by atoms with E-state index in [1.165, 1.54) is 18.4 Å². The minimum Gasteiger partial charge on any atom is -0.496 e. The van der Waals surface area contributed by atoms with E-state index >= 15 is 0 Å². The van der Waals surface area contributed by atoms with Crippen molar-refractivity contribution in [2.45, 2.75) is 12.2 Å². The molecule has 0 saturated carbocycles. The molecule has 2 N–H and O–H groups in total. The molecule has 19 heavy (non-hydrogen) atoms. The van der Waals surface area contributed by atoms with Gasteiger partial charge in [0.25, 0.3) is 0 Å². The molecule has 0 spiro atoms. The molecule has 0 aliphatic heterocycles. The first-order valence-electron chi connectivity index (χ1n) is 5.33. The van der Waals surface area contributed by atoms with Gasteiger partial charge < -0.3 is 10.5 Å². The second kappa shape index (κ2) is 5.18. The van der Waals surface area contributed by atoms with Gasteiger partial charge in [0.05, 0.1) is 23.6 Å². The van der Waals surface area contributed by atoms with Gasteiger partial charge in [0, 0.05) is 18.0 Å². The van der Waals surface area contributed by atoms with E-state index < -0.39 is 17.8 Å². The molecular formula is C12H11F3N2OS. The maximum Gasteiger partial charge on any atom is 0.416 e. The van der Waals surface area contributed by atoms with Crippen molar-refractivity contribution in [1.29, 1.82) is 0 Å². The van der Waals surface area contributed by atoms with E-state index in [1.54, 1.807) is 11.4 Å². The summed E-state index contributed by atoms with van der Waals surface area (Å²) in [4.78, 5) is 4.27. The summed E-state index contributed by atoms with van der Waals surface area (Å²) in [6.45, 7) is 0. The van der Waals surface area contributed by atoms with Crippen LogP contribution in [0.2, 0.25) is 0 Å². The third-order valence-corrected chi connectivity index (χ3v) is 3.63. The van der Waals surface area contributed by atoms with E-state index in [-0.39, 0.29) is 5.56 Å². The molecule has 102 valence electrons. The highest BCUT2D eigenvalue weighted by molar-refractivity contribution is 7.10. The van der Waals surface area contributed by atoms with Crippen LogP contribution in [0.25, 0.3) is 0 Å². The average Bonchev–Trinajstić information content (AvgIpc) is 2.85. The van der Waals surface area contributed by atoms with Crippen molar-refractivity contribution >= 4 is 11.3 Å². The van der Waals surface area contributed by atoms with Crippen LogP contribution in [0.15, 0.2) is 29.9 Å². The Hall–Kier alpha value is -1.60. The number of methoxy groups -OCH3 is 1. The molecule has 0 amide bonds. The molecule has 0 aliphatic carbocycles. The van der Waals surface area contributed by atoms with Gasteiger partial charge in [-0.3, -0.25) is 4.98 Å². The van der Waals surface area contributed by atoms with Gasteiger partial charge >= 0.3 is 6.18 Å². The smallest absolute Gasteiger partial charge is 0.416 e. The number of rotatable bonds is 3. The second-order valence-corrected chi connectivity index (χ2v) is 4.74. The third kappa shape index (κ3) is 2.71. The molecular weight excluding hydrogens is 277 g/mol. The number of alkyl halides is 3. The van der Waals surface area contributed by atoms with E-state index in [4.69, 9.17) is 10.5 Å². The Bertz CT molecular complexity index is 568. The minimum atomic E-state index is -4.46. The Balaban J connectivity index is 2.48. The lowest BCUT2D eigenvalue weighted by Crippen LogP contribution is -2.18. The Morgan fingerprint density at radius 1 is 1.37 bits per heavy atom. The van der Waals surface area contributed by atoms with Crippen molar-refractivity contribution in [3.8, 4) is 5.75 Å². The van der Waals surface area contributed by atoms with Gasteiger partial charge in [0.2, 0.25) is 0 Å². The SMILES string of the molecule is COc1ccsc1C(N)c1cnccc1C(F)(F)F. The van der Waals surface area contributed by atoms with Crippen molar-refractivity contribution < 1.29 is 17.9 Å². The van der Waals surface area contributed by atoms with Gasteiger partial charge in [-0.1, -0.05) is 0 Å². The summed E-state index contributed by atoms with van der Waals surface area (Å²) in [7, 11) is 1.45. The average molecular weight is 288 g/mol. The minimum absolute atomic E-state index is 0.0595. The lowest BCUT2D eigenvalue weighted by atomic mass is 10.0. The van der Waals surface area contributed by atoms with Gasteiger partial charge in [-0.25, -0.2) is 0 Å². The topological polar surface area (TPSA) is 48.1 Å². The molecule has 1 unspecified atom stereocenters. The maximum atomic E-state index is 12.9. The fourth-order valence-electron chi connectivity index (χ4n) is 1.76. The number of thiophene rings is 1. The molecule has 1 atom stereocenters. The number of hydrogen-bond donors (Lipinski definition) is 1. The Kier molecular flexibility index (Phi) is 3.77. The summed E-state index contributed by atoms with van der Waals surface area (Å²) < 4.78 is 43.8. The van der Waals surface area contributed by atoms with E-state index in [2.05, 4.69) is 4.98 Å². The van der Waals surface area contributed by atoms with Crippen molar-refractivity contribution in [2.75, 3.05) is 7.11 Å². The highest BCUT2D eigenvalue weighted by Gasteiger charge is 2.35. The predicted molar refractivity (Wildman–Crippen MR) is 66.1 cm³/mol. The van der Waals surface area contributed by atoms with Gasteiger partial charge in [-0.05, 0) is 17.5 Å². The third-order valence-electron chi connectivity index (χ3n) is 2.65. The summed E-state index contributed by atoms with van der Waals surface area (Å²) in [6.07, 6.45) is -2.21. The van der Waals surface area contributed by atoms with E-state index in [1.807, 2.05) is 0 Å². The van der Waals surface area contributed by atoms with Gasteiger partial charge in [-0.15, -0.1) is 11.3 Å². The number of halogens is 3. The Labute approximate surface area is 111 Å². The lowest BCUT2D eigenvalue weighted by Gasteiger charge is -2.17. The highest BCUT2D eigenvalue weighted by atomic mass is 32.1. The quantitative estimate of drug-likeness (QED) is 0.943. The van der Waals surface area contributed by atoms with Crippen LogP contribution in [0.3, 0.4) is 0 Å². The summed E-state index contributed by atoms with van der Waals surface area (Å²) in [6, 6.07) is 1.68. The number of hydrogen-bond acceptors (Lipinski definition) is 4.